The average Bonchev–Trinajstić information content (AvgIpc) is 2.57. The molecule has 0 aromatic heterocycles. The van der Waals surface area contributed by atoms with Crippen molar-refractivity contribution in [2.75, 3.05) is 11.9 Å². The molecule has 2 aromatic carbocycles. The normalized spacial score (nSPS) is 10.8. The summed E-state index contributed by atoms with van der Waals surface area (Å²) >= 11 is 17.9. The first-order chi connectivity index (χ1) is 12.3. The molecule has 0 aliphatic rings. The van der Waals surface area contributed by atoms with Crippen LogP contribution in [0, 0.1) is 13.8 Å². The van der Waals surface area contributed by atoms with Gasteiger partial charge in [0.1, 0.15) is 0 Å². The molecule has 0 aliphatic heterocycles. The topological polar surface area (TPSA) is 55.4 Å². The summed E-state index contributed by atoms with van der Waals surface area (Å²) in [6, 6.07) is 8.58. The second-order valence-corrected chi connectivity index (χ2v) is 6.82. The zero-order chi connectivity index (χ0) is 19.3. The van der Waals surface area contributed by atoms with Crippen molar-refractivity contribution in [3.63, 3.8) is 0 Å². The van der Waals surface area contributed by atoms with Crippen molar-refractivity contribution in [2.24, 2.45) is 0 Å². The van der Waals surface area contributed by atoms with E-state index in [1.165, 1.54) is 12.2 Å². The minimum Gasteiger partial charge on any atom is -0.452 e. The van der Waals surface area contributed by atoms with Gasteiger partial charge >= 0.3 is 5.97 Å². The van der Waals surface area contributed by atoms with Crippen LogP contribution < -0.4 is 5.32 Å². The molecule has 2 rings (SSSR count). The second kappa shape index (κ2) is 9.08. The smallest absolute Gasteiger partial charge is 0.331 e. The number of nitrogens with one attached hydrogen (secondary N) is 1. The van der Waals surface area contributed by atoms with Crippen LogP contribution >= 0.6 is 34.8 Å². The van der Waals surface area contributed by atoms with E-state index in [9.17, 15) is 9.59 Å². The van der Waals surface area contributed by atoms with Crippen molar-refractivity contribution < 1.29 is 14.3 Å². The number of carbonyl (C=O) groups is 2. The molecule has 1 amide bonds. The standard InChI is InChI=1S/C19H16Cl3NO3/c1-11-7-12(2)19(16(22)8-11)23-17(24)10-26-18(25)6-4-13-3-5-14(20)15(21)9-13/h3-9H,10H2,1-2H3,(H,23,24)/b6-4+. The number of aryl methyl sites for hydroxylation is 2. The SMILES string of the molecule is Cc1cc(C)c(NC(=O)COC(=O)/C=C/c2ccc(Cl)c(Cl)c2)c(Cl)c1. The minimum atomic E-state index is -0.655. The highest BCUT2D eigenvalue weighted by atomic mass is 35.5. The zero-order valence-electron chi connectivity index (χ0n) is 14.1. The van der Waals surface area contributed by atoms with Gasteiger partial charge in [0, 0.05) is 6.08 Å². The Balaban J connectivity index is 1.90. The highest BCUT2D eigenvalue weighted by molar-refractivity contribution is 6.42. The fourth-order valence-corrected chi connectivity index (χ4v) is 2.89. The van der Waals surface area contributed by atoms with E-state index in [-0.39, 0.29) is 0 Å². The van der Waals surface area contributed by atoms with Gasteiger partial charge in [0.2, 0.25) is 0 Å². The second-order valence-electron chi connectivity index (χ2n) is 5.60. The molecule has 7 heteroatoms. The van der Waals surface area contributed by atoms with E-state index < -0.39 is 18.5 Å². The van der Waals surface area contributed by atoms with Gasteiger partial charge in [-0.15, -0.1) is 0 Å². The molecule has 0 saturated heterocycles. The first-order valence-corrected chi connectivity index (χ1v) is 8.76. The lowest BCUT2D eigenvalue weighted by molar-refractivity contribution is -0.142. The molecule has 26 heavy (non-hydrogen) atoms. The average molecular weight is 413 g/mol. The lowest BCUT2D eigenvalue weighted by Gasteiger charge is -2.11. The molecule has 0 fully saturated rings. The summed E-state index contributed by atoms with van der Waals surface area (Å²) in [4.78, 5) is 23.7. The van der Waals surface area contributed by atoms with E-state index in [4.69, 9.17) is 39.5 Å². The van der Waals surface area contributed by atoms with Crippen LogP contribution in [0.4, 0.5) is 5.69 Å². The lowest BCUT2D eigenvalue weighted by Crippen LogP contribution is -2.20. The number of benzene rings is 2. The van der Waals surface area contributed by atoms with Crippen LogP contribution in [0.3, 0.4) is 0 Å². The Morgan fingerprint density at radius 1 is 1.04 bits per heavy atom. The molecule has 0 unspecified atom stereocenters. The summed E-state index contributed by atoms with van der Waals surface area (Å²) in [6.45, 7) is 3.32. The first-order valence-electron chi connectivity index (χ1n) is 7.62. The van der Waals surface area contributed by atoms with Crippen LogP contribution in [0.5, 0.6) is 0 Å². The van der Waals surface area contributed by atoms with E-state index in [1.54, 1.807) is 24.3 Å². The Labute approximate surface area is 166 Å². The number of anilines is 1. The molecule has 0 saturated carbocycles. The van der Waals surface area contributed by atoms with Crippen LogP contribution in [-0.4, -0.2) is 18.5 Å². The Kier molecular flexibility index (Phi) is 7.09. The van der Waals surface area contributed by atoms with Crippen LogP contribution in [0.15, 0.2) is 36.4 Å². The van der Waals surface area contributed by atoms with Gasteiger partial charge in [-0.2, -0.15) is 0 Å². The van der Waals surface area contributed by atoms with E-state index >= 15 is 0 Å². The maximum absolute atomic E-state index is 12.0. The van der Waals surface area contributed by atoms with Crippen molar-refractivity contribution in [2.45, 2.75) is 13.8 Å². The molecule has 0 heterocycles. The lowest BCUT2D eigenvalue weighted by atomic mass is 10.1. The Morgan fingerprint density at radius 3 is 2.42 bits per heavy atom. The van der Waals surface area contributed by atoms with Gasteiger partial charge in [-0.3, -0.25) is 4.79 Å². The van der Waals surface area contributed by atoms with Crippen molar-refractivity contribution >= 4 is 58.4 Å². The number of ether oxygens (including phenoxy) is 1. The fourth-order valence-electron chi connectivity index (χ4n) is 2.21. The monoisotopic (exact) mass is 411 g/mol. The molecule has 0 spiro atoms. The molecular formula is C19H16Cl3NO3. The zero-order valence-corrected chi connectivity index (χ0v) is 16.4. The van der Waals surface area contributed by atoms with Crippen LogP contribution in [0.2, 0.25) is 15.1 Å². The van der Waals surface area contributed by atoms with E-state index in [0.717, 1.165) is 11.1 Å². The number of hydrogen-bond acceptors (Lipinski definition) is 3. The summed E-state index contributed by atoms with van der Waals surface area (Å²) in [5.41, 5.74) is 3.01. The van der Waals surface area contributed by atoms with E-state index in [1.807, 2.05) is 19.9 Å². The highest BCUT2D eigenvalue weighted by Gasteiger charge is 2.11. The van der Waals surface area contributed by atoms with Gasteiger partial charge in [0.25, 0.3) is 5.91 Å². The molecule has 0 bridgehead atoms. The summed E-state index contributed by atoms with van der Waals surface area (Å²) in [7, 11) is 0. The Morgan fingerprint density at radius 2 is 1.77 bits per heavy atom. The van der Waals surface area contributed by atoms with Crippen molar-refractivity contribution in [1.29, 1.82) is 0 Å². The van der Waals surface area contributed by atoms with Gasteiger partial charge in [-0.05, 0) is 54.8 Å². The van der Waals surface area contributed by atoms with Gasteiger partial charge < -0.3 is 10.1 Å². The molecule has 0 atom stereocenters. The number of hydrogen-bond donors (Lipinski definition) is 1. The number of halogens is 3. The third-order valence-electron chi connectivity index (χ3n) is 3.40. The largest absolute Gasteiger partial charge is 0.452 e. The Bertz CT molecular complexity index is 855. The van der Waals surface area contributed by atoms with Gasteiger partial charge in [0.15, 0.2) is 6.61 Å². The molecule has 1 N–H and O–H groups in total. The van der Waals surface area contributed by atoms with Crippen molar-refractivity contribution in [1.82, 2.24) is 0 Å². The van der Waals surface area contributed by atoms with E-state index in [0.29, 0.717) is 26.3 Å². The maximum atomic E-state index is 12.0. The molecule has 0 radical (unpaired) electrons. The van der Waals surface area contributed by atoms with Gasteiger partial charge in [-0.25, -0.2) is 4.79 Å². The molecular weight excluding hydrogens is 397 g/mol. The third-order valence-corrected chi connectivity index (χ3v) is 4.43. The van der Waals surface area contributed by atoms with Crippen molar-refractivity contribution in [3.05, 3.63) is 68.2 Å². The molecule has 2 aromatic rings. The third kappa shape index (κ3) is 5.77. The van der Waals surface area contributed by atoms with Crippen LogP contribution in [0.25, 0.3) is 6.08 Å². The van der Waals surface area contributed by atoms with E-state index in [2.05, 4.69) is 5.32 Å². The predicted molar refractivity (Wildman–Crippen MR) is 106 cm³/mol. The summed E-state index contributed by atoms with van der Waals surface area (Å²) < 4.78 is 4.92. The quantitative estimate of drug-likeness (QED) is 0.524. The molecule has 136 valence electrons. The maximum Gasteiger partial charge on any atom is 0.331 e. The van der Waals surface area contributed by atoms with Crippen molar-refractivity contribution in [3.8, 4) is 0 Å². The van der Waals surface area contributed by atoms with Crippen LogP contribution in [0.1, 0.15) is 16.7 Å². The molecule has 4 nitrogen and oxygen atoms in total. The summed E-state index contributed by atoms with van der Waals surface area (Å²) in [5, 5.41) is 3.88. The fraction of sp³-hybridized carbons (Fsp3) is 0.158. The minimum absolute atomic E-state index is 0.381. The molecule has 0 aliphatic carbocycles. The first kappa shape index (κ1) is 20.3. The number of carbonyl (C=O) groups excluding carboxylic acids is 2. The summed E-state index contributed by atoms with van der Waals surface area (Å²) in [5.74, 6) is -1.13. The number of esters is 1. The summed E-state index contributed by atoms with van der Waals surface area (Å²) in [6.07, 6.45) is 2.72. The number of amides is 1. The van der Waals surface area contributed by atoms with Crippen LogP contribution in [-0.2, 0) is 14.3 Å². The highest BCUT2D eigenvalue weighted by Crippen LogP contribution is 2.27. The predicted octanol–water partition coefficient (Wildman–Crippen LogP) is 5.46. The Hall–Kier alpha value is -2.01. The van der Waals surface area contributed by atoms with Gasteiger partial charge in [-0.1, -0.05) is 46.9 Å². The number of rotatable bonds is 5. The van der Waals surface area contributed by atoms with Gasteiger partial charge in [0.05, 0.1) is 20.8 Å².